The van der Waals surface area contributed by atoms with E-state index >= 15 is 0 Å². The molecule has 2 amide bonds. The summed E-state index contributed by atoms with van der Waals surface area (Å²) in [5.74, 6) is -0.0685. The number of ether oxygens (including phenoxy) is 2. The molecule has 7 nitrogen and oxygen atoms in total. The van der Waals surface area contributed by atoms with Crippen LogP contribution in [-0.4, -0.2) is 47.7 Å². The Morgan fingerprint density at radius 2 is 1.81 bits per heavy atom. The van der Waals surface area contributed by atoms with Gasteiger partial charge >= 0.3 is 6.09 Å². The summed E-state index contributed by atoms with van der Waals surface area (Å²) in [6, 6.07) is 6.32. The fraction of sp³-hybridized carbons (Fsp3) is 0.409. The molecule has 9 heteroatoms. The maximum Gasteiger partial charge on any atom is 0.410 e. The van der Waals surface area contributed by atoms with Gasteiger partial charge in [-0.1, -0.05) is 23.2 Å². The highest BCUT2D eigenvalue weighted by atomic mass is 35.5. The Bertz CT molecular complexity index is 957. The number of nitrogens with one attached hydrogen (secondary N) is 1. The molecule has 0 aliphatic carbocycles. The van der Waals surface area contributed by atoms with E-state index in [0.717, 1.165) is 5.56 Å². The van der Waals surface area contributed by atoms with Crippen LogP contribution in [-0.2, 0) is 9.53 Å². The van der Waals surface area contributed by atoms with Gasteiger partial charge < -0.3 is 19.7 Å². The molecule has 2 aromatic rings. The van der Waals surface area contributed by atoms with E-state index < -0.39 is 17.7 Å². The molecular weight excluding hydrogens is 441 g/mol. The SMILES string of the molecule is COc1ccc(Cl)c(Cl)c1C(NC(=O)C1CN(C(=O)OC(C)(C)C)C1)c1ccncc1. The Morgan fingerprint density at radius 3 is 2.39 bits per heavy atom. The molecule has 1 N–H and O–H groups in total. The molecule has 2 heterocycles. The average Bonchev–Trinajstić information content (AvgIpc) is 2.66. The summed E-state index contributed by atoms with van der Waals surface area (Å²) in [5, 5.41) is 3.68. The predicted octanol–water partition coefficient (Wildman–Crippen LogP) is 4.47. The van der Waals surface area contributed by atoms with E-state index in [9.17, 15) is 9.59 Å². The highest BCUT2D eigenvalue weighted by Gasteiger charge is 2.39. The average molecular weight is 466 g/mol. The molecule has 1 atom stereocenters. The monoisotopic (exact) mass is 465 g/mol. The number of halogens is 2. The lowest BCUT2D eigenvalue weighted by molar-refractivity contribution is -0.130. The number of carbonyl (C=O) groups excluding carboxylic acids is 2. The number of benzene rings is 1. The van der Waals surface area contributed by atoms with E-state index in [2.05, 4.69) is 10.3 Å². The minimum Gasteiger partial charge on any atom is -0.496 e. The van der Waals surface area contributed by atoms with Gasteiger partial charge in [-0.25, -0.2) is 4.79 Å². The van der Waals surface area contributed by atoms with Crippen LogP contribution in [0, 0.1) is 5.92 Å². The topological polar surface area (TPSA) is 80.8 Å². The van der Waals surface area contributed by atoms with Gasteiger partial charge in [0.2, 0.25) is 5.91 Å². The maximum absolute atomic E-state index is 13.0. The molecule has 1 aromatic carbocycles. The highest BCUT2D eigenvalue weighted by Crippen LogP contribution is 2.40. The molecule has 3 rings (SSSR count). The third-order valence-electron chi connectivity index (χ3n) is 4.83. The molecule has 0 radical (unpaired) electrons. The smallest absolute Gasteiger partial charge is 0.410 e. The van der Waals surface area contributed by atoms with Crippen LogP contribution in [0.5, 0.6) is 5.75 Å². The predicted molar refractivity (Wildman–Crippen MR) is 119 cm³/mol. The van der Waals surface area contributed by atoms with E-state index in [1.807, 2.05) is 0 Å². The van der Waals surface area contributed by atoms with Gasteiger partial charge in [-0.2, -0.15) is 0 Å². The summed E-state index contributed by atoms with van der Waals surface area (Å²) in [5.41, 5.74) is 0.741. The minimum atomic E-state index is -0.604. The van der Waals surface area contributed by atoms with Crippen LogP contribution in [0.4, 0.5) is 4.79 Å². The molecule has 1 aliphatic rings. The molecule has 0 spiro atoms. The summed E-state index contributed by atoms with van der Waals surface area (Å²) in [4.78, 5) is 30.7. The van der Waals surface area contributed by atoms with Crippen LogP contribution in [0.25, 0.3) is 0 Å². The van der Waals surface area contributed by atoms with E-state index in [0.29, 0.717) is 21.4 Å². The van der Waals surface area contributed by atoms with Crippen molar-refractivity contribution >= 4 is 35.2 Å². The number of carbonyl (C=O) groups is 2. The van der Waals surface area contributed by atoms with Crippen molar-refractivity contribution in [3.63, 3.8) is 0 Å². The fourth-order valence-corrected chi connectivity index (χ4v) is 3.68. The van der Waals surface area contributed by atoms with Crippen LogP contribution in [0.2, 0.25) is 10.0 Å². The minimum absolute atomic E-state index is 0.209. The Hall–Kier alpha value is -2.51. The molecule has 0 saturated carbocycles. The van der Waals surface area contributed by atoms with Gasteiger partial charge in [0.1, 0.15) is 11.4 Å². The number of amides is 2. The van der Waals surface area contributed by atoms with Crippen molar-refractivity contribution < 1.29 is 19.1 Å². The Morgan fingerprint density at radius 1 is 1.16 bits per heavy atom. The standard InChI is InChI=1S/C22H25Cl2N3O4/c1-22(2,3)31-21(29)27-11-14(12-27)20(28)26-19(13-7-9-25-10-8-13)17-16(30-4)6-5-15(23)18(17)24/h5-10,14,19H,11-12H2,1-4H3,(H,26,28). The van der Waals surface area contributed by atoms with Gasteiger partial charge in [0.25, 0.3) is 0 Å². The largest absolute Gasteiger partial charge is 0.496 e. The van der Waals surface area contributed by atoms with Gasteiger partial charge in [0.15, 0.2) is 0 Å². The van der Waals surface area contributed by atoms with Crippen LogP contribution >= 0.6 is 23.2 Å². The Balaban J connectivity index is 1.80. The van der Waals surface area contributed by atoms with Crippen LogP contribution < -0.4 is 10.1 Å². The number of pyridine rings is 1. The summed E-state index contributed by atoms with van der Waals surface area (Å²) >= 11 is 12.8. The van der Waals surface area contributed by atoms with Crippen LogP contribution in [0.3, 0.4) is 0 Å². The van der Waals surface area contributed by atoms with Crippen molar-refractivity contribution in [2.75, 3.05) is 20.2 Å². The van der Waals surface area contributed by atoms with Crippen molar-refractivity contribution in [3.8, 4) is 5.75 Å². The number of aromatic nitrogens is 1. The zero-order chi connectivity index (χ0) is 22.8. The highest BCUT2D eigenvalue weighted by molar-refractivity contribution is 6.42. The van der Waals surface area contributed by atoms with Crippen molar-refractivity contribution in [3.05, 3.63) is 57.8 Å². The molecule has 1 fully saturated rings. The normalized spacial score (nSPS) is 15.1. The van der Waals surface area contributed by atoms with E-state index in [-0.39, 0.29) is 24.9 Å². The first-order chi connectivity index (χ1) is 14.6. The van der Waals surface area contributed by atoms with Gasteiger partial charge in [-0.15, -0.1) is 0 Å². The van der Waals surface area contributed by atoms with E-state index in [4.69, 9.17) is 32.7 Å². The second-order valence-electron chi connectivity index (χ2n) is 8.28. The van der Waals surface area contributed by atoms with Gasteiger partial charge in [-0.05, 0) is 50.6 Å². The van der Waals surface area contributed by atoms with Crippen LogP contribution in [0.1, 0.15) is 37.9 Å². The maximum atomic E-state index is 13.0. The van der Waals surface area contributed by atoms with E-state index in [1.165, 1.54) is 12.0 Å². The van der Waals surface area contributed by atoms with Gasteiger partial charge in [-0.3, -0.25) is 9.78 Å². The first-order valence-corrected chi connectivity index (χ1v) is 10.6. The lowest BCUT2D eigenvalue weighted by Crippen LogP contribution is -2.57. The van der Waals surface area contributed by atoms with Crippen molar-refractivity contribution in [1.82, 2.24) is 15.2 Å². The summed E-state index contributed by atoms with van der Waals surface area (Å²) in [6.07, 6.45) is 2.83. The number of nitrogens with zero attached hydrogens (tertiary/aromatic N) is 2. The summed E-state index contributed by atoms with van der Waals surface area (Å²) in [6.45, 7) is 5.97. The molecule has 166 valence electrons. The van der Waals surface area contributed by atoms with E-state index in [1.54, 1.807) is 57.4 Å². The third-order valence-corrected chi connectivity index (χ3v) is 5.65. The third kappa shape index (κ3) is 5.40. The van der Waals surface area contributed by atoms with Gasteiger partial charge in [0, 0.05) is 31.0 Å². The van der Waals surface area contributed by atoms with Crippen LogP contribution in [0.15, 0.2) is 36.7 Å². The Labute approximate surface area is 191 Å². The van der Waals surface area contributed by atoms with Crippen molar-refractivity contribution in [1.29, 1.82) is 0 Å². The number of methoxy groups -OCH3 is 1. The molecule has 1 saturated heterocycles. The first-order valence-electron chi connectivity index (χ1n) is 9.81. The Kier molecular flexibility index (Phi) is 6.96. The summed E-state index contributed by atoms with van der Waals surface area (Å²) < 4.78 is 10.8. The first kappa shape index (κ1) is 23.2. The number of hydrogen-bond acceptors (Lipinski definition) is 5. The molecule has 0 bridgehead atoms. The summed E-state index contributed by atoms with van der Waals surface area (Å²) in [7, 11) is 1.53. The van der Waals surface area contributed by atoms with Crippen molar-refractivity contribution in [2.24, 2.45) is 5.92 Å². The molecule has 1 aliphatic heterocycles. The zero-order valence-electron chi connectivity index (χ0n) is 17.8. The molecule has 1 unspecified atom stereocenters. The second kappa shape index (κ2) is 9.32. The molecule has 31 heavy (non-hydrogen) atoms. The second-order valence-corrected chi connectivity index (χ2v) is 9.07. The lowest BCUT2D eigenvalue weighted by atomic mass is 9.95. The molecular formula is C22H25Cl2N3O4. The number of rotatable bonds is 5. The van der Waals surface area contributed by atoms with Crippen molar-refractivity contribution in [2.45, 2.75) is 32.4 Å². The van der Waals surface area contributed by atoms with Gasteiger partial charge in [0.05, 0.1) is 29.1 Å². The lowest BCUT2D eigenvalue weighted by Gasteiger charge is -2.39. The zero-order valence-corrected chi connectivity index (χ0v) is 19.3. The quantitative estimate of drug-likeness (QED) is 0.704. The number of hydrogen-bond donors (Lipinski definition) is 1. The molecule has 1 aromatic heterocycles. The number of likely N-dealkylation sites (tertiary alicyclic amines) is 1. The fourth-order valence-electron chi connectivity index (χ4n) is 3.25.